The molecule has 1 unspecified atom stereocenters. The molecule has 1 aliphatic carbocycles. The summed E-state index contributed by atoms with van der Waals surface area (Å²) in [6.45, 7) is 6.66. The minimum Gasteiger partial charge on any atom is -0.508 e. The Balaban J connectivity index is 1.25. The van der Waals surface area contributed by atoms with E-state index in [9.17, 15) is 49.8 Å². The number of hydrogen-bond donors (Lipinski definition) is 9. The number of alkyl carbamates (subject to hydrolysis) is 1. The molecular weight excluding hydrogens is 899 g/mol. The standard InChI is InChI=1S/C42H51N3O14S4/c1-5-56-38(54)29(45-41(55)59-42(2,3)4)20-61-18-24(19-63-39-36(51)35(50)34(49)32(17-46)58-39)62-13-12-43-40(60)44-21-6-9-25(28(14-21)37(52)53)33-26-10-7-22(47)15-30(26)57-31-16-23(48)8-11-27(31)33/h6-11,14-16,24,29,32,34-36,39,46-47,49-51H,5,12-13,17-20H2,1-4H3,(H,45,55)(H,52,53)(H2,43,44,60)/t24?,29-,32+,34+,35-,36+,39-/m0/s1. The number of rotatable bonds is 18. The minimum atomic E-state index is -1.53. The average molecular weight is 950 g/mol. The monoisotopic (exact) mass is 949 g/mol. The summed E-state index contributed by atoms with van der Waals surface area (Å²) < 4.78 is 22.1. The molecule has 1 saturated heterocycles. The molecule has 17 nitrogen and oxygen atoms in total. The summed E-state index contributed by atoms with van der Waals surface area (Å²) in [4.78, 5) is 50.2. The van der Waals surface area contributed by atoms with Crippen LogP contribution in [0.2, 0.25) is 0 Å². The maximum absolute atomic E-state index is 12.8. The van der Waals surface area contributed by atoms with Crippen molar-refractivity contribution in [1.82, 2.24) is 10.6 Å². The number of benzene rings is 3. The van der Waals surface area contributed by atoms with Crippen LogP contribution in [0.4, 0.5) is 10.5 Å². The summed E-state index contributed by atoms with van der Waals surface area (Å²) in [5, 5.41) is 70.6. The highest BCUT2D eigenvalue weighted by atomic mass is 32.2. The molecule has 63 heavy (non-hydrogen) atoms. The topological polar surface area (TPSA) is 267 Å². The van der Waals surface area contributed by atoms with Crippen molar-refractivity contribution in [2.75, 3.05) is 48.1 Å². The van der Waals surface area contributed by atoms with Crippen LogP contribution in [0.25, 0.3) is 33.4 Å². The number of aromatic carboxylic acids is 1. The molecule has 1 fully saturated rings. The van der Waals surface area contributed by atoms with Crippen LogP contribution in [-0.4, -0.2) is 143 Å². The zero-order valence-electron chi connectivity index (χ0n) is 34.8. The molecule has 2 aliphatic heterocycles. The van der Waals surface area contributed by atoms with Gasteiger partial charge in [-0.15, -0.1) is 11.8 Å². The number of carbonyl (C=O) groups is 3. The number of aliphatic hydroxyl groups excluding tert-OH is 4. The van der Waals surface area contributed by atoms with Crippen LogP contribution in [0, 0.1) is 0 Å². The van der Waals surface area contributed by atoms with Crippen LogP contribution in [0.15, 0.2) is 63.8 Å². The van der Waals surface area contributed by atoms with Gasteiger partial charge in [0, 0.05) is 69.1 Å². The number of nitrogens with one attached hydrogen (secondary N) is 3. The Morgan fingerprint density at radius 2 is 1.70 bits per heavy atom. The number of carbonyl (C=O) groups excluding carboxylic acids is 2. The van der Waals surface area contributed by atoms with Gasteiger partial charge in [0.15, 0.2) is 10.5 Å². The van der Waals surface area contributed by atoms with E-state index in [2.05, 4.69) is 16.0 Å². The zero-order chi connectivity index (χ0) is 46.0. The lowest BCUT2D eigenvalue weighted by Gasteiger charge is -2.40. The normalized spacial score (nSPS) is 19.8. The lowest BCUT2D eigenvalue weighted by atomic mass is 9.90. The van der Waals surface area contributed by atoms with Gasteiger partial charge in [-0.3, -0.25) is 4.79 Å². The van der Waals surface area contributed by atoms with Crippen LogP contribution in [-0.2, 0) is 19.0 Å². The maximum Gasteiger partial charge on any atom is 0.408 e. The highest BCUT2D eigenvalue weighted by Gasteiger charge is 2.43. The fraction of sp³-hybridized carbons (Fsp3) is 0.452. The van der Waals surface area contributed by atoms with Gasteiger partial charge in [-0.05, 0) is 81.9 Å². The Labute approximate surface area is 381 Å². The quantitative estimate of drug-likeness (QED) is 0.0294. The van der Waals surface area contributed by atoms with E-state index in [1.54, 1.807) is 52.0 Å². The fourth-order valence-corrected chi connectivity index (χ4v) is 10.8. The summed E-state index contributed by atoms with van der Waals surface area (Å²) in [5.41, 5.74) is -0.115. The Kier molecular flexibility index (Phi) is 17.8. The van der Waals surface area contributed by atoms with Crippen molar-refractivity contribution >= 4 is 87.3 Å². The number of ether oxygens (including phenoxy) is 3. The van der Waals surface area contributed by atoms with Gasteiger partial charge in [-0.1, -0.05) is 6.07 Å². The van der Waals surface area contributed by atoms with Gasteiger partial charge < -0.3 is 65.2 Å². The number of thioether (sulfide) groups is 3. The first kappa shape index (κ1) is 49.7. The lowest BCUT2D eigenvalue weighted by molar-refractivity contribution is -0.205. The molecule has 5 rings (SSSR count). The van der Waals surface area contributed by atoms with Crippen molar-refractivity contribution in [3.8, 4) is 28.2 Å². The summed E-state index contributed by atoms with van der Waals surface area (Å²) >= 11 is 9.65. The van der Waals surface area contributed by atoms with Crippen molar-refractivity contribution in [2.45, 2.75) is 74.4 Å². The number of esters is 1. The predicted molar refractivity (Wildman–Crippen MR) is 247 cm³/mol. The molecule has 21 heteroatoms. The molecule has 0 radical (unpaired) electrons. The Morgan fingerprint density at radius 3 is 2.40 bits per heavy atom. The lowest BCUT2D eigenvalue weighted by Crippen LogP contribution is -2.57. The van der Waals surface area contributed by atoms with Gasteiger partial charge in [0.2, 0.25) is 0 Å². The van der Waals surface area contributed by atoms with Crippen LogP contribution >= 0.6 is 47.5 Å². The van der Waals surface area contributed by atoms with Crippen LogP contribution in [0.3, 0.4) is 0 Å². The van der Waals surface area contributed by atoms with E-state index in [1.165, 1.54) is 65.6 Å². The number of phenols is 1. The molecule has 2 heterocycles. The molecule has 0 bridgehead atoms. The number of aliphatic hydroxyl groups is 4. The second-order valence-electron chi connectivity index (χ2n) is 15.3. The number of fused-ring (bicyclic) bond motifs is 2. The fourth-order valence-electron chi connectivity index (χ4n) is 6.46. The number of aromatic hydroxyl groups is 1. The van der Waals surface area contributed by atoms with Crippen molar-refractivity contribution in [1.29, 1.82) is 0 Å². The first-order valence-corrected chi connectivity index (χ1v) is 23.4. The number of carboxylic acids is 1. The van der Waals surface area contributed by atoms with Crippen molar-refractivity contribution < 1.29 is 63.7 Å². The van der Waals surface area contributed by atoms with Crippen LogP contribution in [0.5, 0.6) is 5.75 Å². The molecule has 2 aromatic carbocycles. The number of thiocarbonyl (C=S) groups is 1. The smallest absolute Gasteiger partial charge is 0.408 e. The van der Waals surface area contributed by atoms with Crippen molar-refractivity contribution in [3.05, 3.63) is 70.4 Å². The SMILES string of the molecule is CCOC(=O)[C@H](CSCC(CS[C@@H]1O[C@H](CO)[C@@H](O)[C@H](O)[C@H]1O)SCCNC(=S)Nc1ccc(-c2c3ccc(=O)cc-3oc3cc(O)ccc23)c(C(=O)O)c1)NC(=O)OC(C)(C)C. The third-order valence-corrected chi connectivity index (χ3v) is 13.8. The van der Waals surface area contributed by atoms with E-state index in [0.717, 1.165) is 0 Å². The van der Waals surface area contributed by atoms with Gasteiger partial charge in [0.1, 0.15) is 58.6 Å². The molecule has 0 spiro atoms. The highest BCUT2D eigenvalue weighted by molar-refractivity contribution is 8.05. The summed E-state index contributed by atoms with van der Waals surface area (Å²) in [6, 6.07) is 12.4. The molecule has 9 N–H and O–H groups in total. The van der Waals surface area contributed by atoms with E-state index >= 15 is 0 Å². The molecule has 1 amide bonds. The summed E-state index contributed by atoms with van der Waals surface area (Å²) in [7, 11) is 0. The molecular formula is C42H51N3O14S4. The minimum absolute atomic E-state index is 0.0600. The van der Waals surface area contributed by atoms with E-state index in [1.807, 2.05) is 0 Å². The number of amides is 1. The highest BCUT2D eigenvalue weighted by Crippen LogP contribution is 2.42. The van der Waals surface area contributed by atoms with Crippen molar-refractivity contribution in [3.63, 3.8) is 0 Å². The van der Waals surface area contributed by atoms with E-state index in [0.29, 0.717) is 51.6 Å². The van der Waals surface area contributed by atoms with E-state index < -0.39 is 66.1 Å². The van der Waals surface area contributed by atoms with E-state index in [-0.39, 0.29) is 50.8 Å². The zero-order valence-corrected chi connectivity index (χ0v) is 38.0. The number of anilines is 1. The van der Waals surface area contributed by atoms with Crippen LogP contribution in [0.1, 0.15) is 38.1 Å². The number of carboxylic acid groups (broad SMARTS) is 1. The van der Waals surface area contributed by atoms with E-state index in [4.69, 9.17) is 30.8 Å². The molecule has 0 saturated carbocycles. The van der Waals surface area contributed by atoms with Gasteiger partial charge >= 0.3 is 18.0 Å². The van der Waals surface area contributed by atoms with Crippen molar-refractivity contribution in [2.24, 2.45) is 0 Å². The van der Waals surface area contributed by atoms with Crippen LogP contribution < -0.4 is 21.4 Å². The number of phenolic OH excluding ortho intramolecular Hbond substituents is 1. The molecule has 342 valence electrons. The third-order valence-electron chi connectivity index (χ3n) is 9.34. The summed E-state index contributed by atoms with van der Waals surface area (Å²) in [6.07, 6.45) is -6.29. The third kappa shape index (κ3) is 13.6. The van der Waals surface area contributed by atoms with Gasteiger partial charge in [0.05, 0.1) is 18.8 Å². The average Bonchev–Trinajstić information content (AvgIpc) is 3.21. The number of hydrogen-bond acceptors (Lipinski definition) is 17. The Hall–Kier alpha value is -4.32. The Morgan fingerprint density at radius 1 is 0.952 bits per heavy atom. The maximum atomic E-state index is 12.8. The predicted octanol–water partition coefficient (Wildman–Crippen LogP) is 4.08. The van der Waals surface area contributed by atoms with Gasteiger partial charge in [0.25, 0.3) is 0 Å². The van der Waals surface area contributed by atoms with Gasteiger partial charge in [-0.2, -0.15) is 23.5 Å². The first-order chi connectivity index (χ1) is 29.9. The molecule has 2 aromatic rings. The molecule has 7 atom stereocenters. The first-order valence-electron chi connectivity index (χ1n) is 19.8. The second-order valence-corrected chi connectivity index (χ2v) is 19.3. The molecule has 0 aromatic heterocycles. The van der Waals surface area contributed by atoms with Gasteiger partial charge in [-0.25, -0.2) is 14.4 Å². The summed E-state index contributed by atoms with van der Waals surface area (Å²) in [5.74, 6) is -0.208. The second kappa shape index (κ2) is 22.5. The Bertz CT molecular complexity index is 2270. The largest absolute Gasteiger partial charge is 0.508 e. The molecule has 3 aliphatic rings.